The Morgan fingerprint density at radius 3 is 2.06 bits per heavy atom. The molecule has 3 fully saturated rings. The van der Waals surface area contributed by atoms with E-state index >= 15 is 0 Å². The minimum atomic E-state index is -3.40. The van der Waals surface area contributed by atoms with Crippen molar-refractivity contribution in [3.05, 3.63) is 47.4 Å². The number of carbonyl (C=O) groups excluding carboxylic acids is 2. The maximum atomic E-state index is 13.4. The number of benzene rings is 1. The largest absolute Gasteiger partial charge is 0.484 e. The van der Waals surface area contributed by atoms with E-state index in [1.165, 1.54) is 30.5 Å². The molecule has 33 heavy (non-hydrogen) atoms. The molecule has 2 aromatic rings. The molecule has 12 heteroatoms. The Bertz CT molecular complexity index is 1190. The number of halogens is 2. The number of nitrogens with one attached hydrogen (secondary N) is 2. The molecular formula is C21H21ClFN3O6S. The molecule has 2 bridgehead atoms. The molecule has 9 nitrogen and oxygen atoms in total. The van der Waals surface area contributed by atoms with Crippen molar-refractivity contribution in [2.24, 2.45) is 0 Å². The average Bonchev–Trinajstić information content (AvgIpc) is 2.70. The second-order valence-corrected chi connectivity index (χ2v) is 10.8. The predicted octanol–water partition coefficient (Wildman–Crippen LogP) is 1.64. The van der Waals surface area contributed by atoms with Crippen LogP contribution >= 0.6 is 11.6 Å². The fourth-order valence-corrected chi connectivity index (χ4v) is 4.93. The van der Waals surface area contributed by atoms with Gasteiger partial charge in [-0.05, 0) is 43.5 Å². The first kappa shape index (κ1) is 23.2. The third kappa shape index (κ3) is 5.19. The standard InChI is InChI=1S/C21H21ClFN3O6S/c1-33(29,30)19-5-3-14(7-24-19)32-9-18(28)26-21-10-20(11-21,12-21)25-17(27)8-31-13-2-4-15(22)16(23)6-13/h2-7H,8-12H2,1H3,(H,25,27)(H,26,28). The summed E-state index contributed by atoms with van der Waals surface area (Å²) in [5, 5.41) is 5.71. The number of aromatic nitrogens is 1. The number of nitrogens with zero attached hydrogens (tertiary/aromatic N) is 1. The van der Waals surface area contributed by atoms with Crippen molar-refractivity contribution in [3.63, 3.8) is 0 Å². The summed E-state index contributed by atoms with van der Waals surface area (Å²) >= 11 is 5.61. The van der Waals surface area contributed by atoms with Crippen molar-refractivity contribution in [2.75, 3.05) is 19.5 Å². The fraction of sp³-hybridized carbons (Fsp3) is 0.381. The highest BCUT2D eigenvalue weighted by atomic mass is 35.5. The van der Waals surface area contributed by atoms with Gasteiger partial charge in [-0.15, -0.1) is 0 Å². The van der Waals surface area contributed by atoms with Gasteiger partial charge in [0.05, 0.1) is 11.2 Å². The van der Waals surface area contributed by atoms with Crippen LogP contribution in [0.4, 0.5) is 4.39 Å². The molecule has 176 valence electrons. The maximum absolute atomic E-state index is 13.4. The minimum Gasteiger partial charge on any atom is -0.484 e. The number of hydrogen-bond donors (Lipinski definition) is 2. The lowest BCUT2D eigenvalue weighted by Gasteiger charge is -2.70. The molecule has 0 spiro atoms. The van der Waals surface area contributed by atoms with Crippen LogP contribution in [-0.2, 0) is 19.4 Å². The van der Waals surface area contributed by atoms with Gasteiger partial charge >= 0.3 is 0 Å². The first-order valence-corrected chi connectivity index (χ1v) is 12.2. The summed E-state index contributed by atoms with van der Waals surface area (Å²) < 4.78 is 46.9. The Morgan fingerprint density at radius 1 is 1.03 bits per heavy atom. The average molecular weight is 498 g/mol. The first-order chi connectivity index (χ1) is 15.5. The molecule has 3 saturated carbocycles. The van der Waals surface area contributed by atoms with E-state index in [2.05, 4.69) is 15.6 Å². The summed E-state index contributed by atoms with van der Waals surface area (Å²) in [6.07, 6.45) is 4.08. The Balaban J connectivity index is 1.17. The Hall–Kier alpha value is -2.92. The zero-order valence-corrected chi connectivity index (χ0v) is 19.1. The van der Waals surface area contributed by atoms with Crippen molar-refractivity contribution >= 4 is 33.3 Å². The molecule has 0 saturated heterocycles. The van der Waals surface area contributed by atoms with Crippen LogP contribution in [0.3, 0.4) is 0 Å². The lowest BCUT2D eigenvalue weighted by molar-refractivity contribution is -0.151. The predicted molar refractivity (Wildman–Crippen MR) is 115 cm³/mol. The van der Waals surface area contributed by atoms with E-state index in [-0.39, 0.29) is 57.7 Å². The number of amides is 2. The topological polar surface area (TPSA) is 124 Å². The van der Waals surface area contributed by atoms with Crippen LogP contribution in [0, 0.1) is 5.82 Å². The number of rotatable bonds is 9. The van der Waals surface area contributed by atoms with Crippen LogP contribution in [-0.4, -0.2) is 55.8 Å². The minimum absolute atomic E-state index is 0.0278. The highest BCUT2D eigenvalue weighted by molar-refractivity contribution is 7.90. The van der Waals surface area contributed by atoms with Crippen LogP contribution in [0.2, 0.25) is 5.02 Å². The number of carbonyl (C=O) groups is 2. The van der Waals surface area contributed by atoms with Crippen molar-refractivity contribution in [3.8, 4) is 11.5 Å². The van der Waals surface area contributed by atoms with Gasteiger partial charge in [0.2, 0.25) is 0 Å². The molecule has 3 aliphatic carbocycles. The summed E-state index contributed by atoms with van der Waals surface area (Å²) in [7, 11) is -3.40. The molecule has 1 heterocycles. The normalized spacial score (nSPS) is 23.0. The Kier molecular flexibility index (Phi) is 5.95. The van der Waals surface area contributed by atoms with E-state index in [1.54, 1.807) is 0 Å². The molecule has 0 radical (unpaired) electrons. The fourth-order valence-electron chi connectivity index (χ4n) is 4.25. The quantitative estimate of drug-likeness (QED) is 0.539. The van der Waals surface area contributed by atoms with Gasteiger partial charge in [-0.2, -0.15) is 0 Å². The van der Waals surface area contributed by atoms with Gasteiger partial charge in [0.15, 0.2) is 28.1 Å². The van der Waals surface area contributed by atoms with E-state index in [0.717, 1.165) is 12.3 Å². The Labute approximate surface area is 194 Å². The van der Waals surface area contributed by atoms with Crippen LogP contribution < -0.4 is 20.1 Å². The maximum Gasteiger partial charge on any atom is 0.258 e. The molecular weight excluding hydrogens is 477 g/mol. The van der Waals surface area contributed by atoms with Gasteiger partial charge in [-0.1, -0.05) is 11.6 Å². The van der Waals surface area contributed by atoms with E-state index < -0.39 is 15.7 Å². The summed E-state index contributed by atoms with van der Waals surface area (Å²) in [5.41, 5.74) is -0.739. The van der Waals surface area contributed by atoms with E-state index in [0.29, 0.717) is 19.3 Å². The van der Waals surface area contributed by atoms with Crippen molar-refractivity contribution in [1.29, 1.82) is 0 Å². The van der Waals surface area contributed by atoms with Gasteiger partial charge in [0.1, 0.15) is 17.3 Å². The lowest BCUT2D eigenvalue weighted by Crippen LogP contribution is -2.84. The number of ether oxygens (including phenoxy) is 2. The van der Waals surface area contributed by atoms with Crippen LogP contribution in [0.5, 0.6) is 11.5 Å². The summed E-state index contributed by atoms with van der Waals surface area (Å²) in [4.78, 5) is 28.2. The van der Waals surface area contributed by atoms with E-state index in [1.807, 2.05) is 0 Å². The van der Waals surface area contributed by atoms with E-state index in [9.17, 15) is 22.4 Å². The first-order valence-electron chi connectivity index (χ1n) is 9.97. The van der Waals surface area contributed by atoms with Crippen molar-refractivity contribution in [2.45, 2.75) is 35.4 Å². The summed E-state index contributed by atoms with van der Waals surface area (Å²) in [6.45, 7) is -0.505. The van der Waals surface area contributed by atoms with Gasteiger partial charge in [0, 0.05) is 23.4 Å². The van der Waals surface area contributed by atoms with Gasteiger partial charge in [-0.25, -0.2) is 17.8 Å². The molecule has 2 N–H and O–H groups in total. The molecule has 1 aromatic heterocycles. The number of hydrogen-bond acceptors (Lipinski definition) is 7. The molecule has 2 amide bonds. The van der Waals surface area contributed by atoms with Crippen LogP contribution in [0.15, 0.2) is 41.6 Å². The molecule has 1 aromatic carbocycles. The lowest BCUT2D eigenvalue weighted by atomic mass is 9.44. The molecule has 0 unspecified atom stereocenters. The second-order valence-electron chi connectivity index (χ2n) is 8.44. The molecule has 0 atom stereocenters. The van der Waals surface area contributed by atoms with Gasteiger partial charge in [-0.3, -0.25) is 9.59 Å². The third-order valence-electron chi connectivity index (χ3n) is 5.56. The Morgan fingerprint density at radius 2 is 1.58 bits per heavy atom. The summed E-state index contributed by atoms with van der Waals surface area (Å²) in [6, 6.07) is 6.68. The number of sulfone groups is 1. The second kappa shape index (κ2) is 8.45. The van der Waals surface area contributed by atoms with Gasteiger partial charge < -0.3 is 20.1 Å². The molecule has 5 rings (SSSR count). The van der Waals surface area contributed by atoms with E-state index in [4.69, 9.17) is 21.1 Å². The smallest absolute Gasteiger partial charge is 0.258 e. The molecule has 0 aliphatic heterocycles. The molecule has 3 aliphatic rings. The van der Waals surface area contributed by atoms with Crippen molar-refractivity contribution < 1.29 is 31.9 Å². The highest BCUT2D eigenvalue weighted by Gasteiger charge is 2.69. The van der Waals surface area contributed by atoms with Crippen LogP contribution in [0.1, 0.15) is 19.3 Å². The zero-order chi connectivity index (χ0) is 23.9. The summed E-state index contributed by atoms with van der Waals surface area (Å²) in [5.74, 6) is -0.805. The van der Waals surface area contributed by atoms with Crippen LogP contribution in [0.25, 0.3) is 0 Å². The third-order valence-corrected chi connectivity index (χ3v) is 6.87. The van der Waals surface area contributed by atoms with Crippen molar-refractivity contribution in [1.82, 2.24) is 15.6 Å². The van der Waals surface area contributed by atoms with Gasteiger partial charge in [0.25, 0.3) is 11.8 Å². The highest BCUT2D eigenvalue weighted by Crippen LogP contribution is 2.60. The monoisotopic (exact) mass is 497 g/mol. The zero-order valence-electron chi connectivity index (χ0n) is 17.6. The SMILES string of the molecule is CS(=O)(=O)c1ccc(OCC(=O)NC23CC(NC(=O)COc4ccc(Cl)c(F)c4)(C2)C3)cn1. The number of pyridine rings is 1.